The predicted molar refractivity (Wildman–Crippen MR) is 80.3 cm³/mol. The topological polar surface area (TPSA) is 120 Å². The number of hydrogen-bond acceptors (Lipinski definition) is 6. The Labute approximate surface area is 121 Å². The highest BCUT2D eigenvalue weighted by molar-refractivity contribution is 6.47. The van der Waals surface area contributed by atoms with Crippen molar-refractivity contribution in [1.82, 2.24) is 0 Å². The molecule has 3 aromatic rings. The molecule has 6 N–H and O–H groups in total. The summed E-state index contributed by atoms with van der Waals surface area (Å²) in [6.07, 6.45) is 0. The Kier molecular flexibility index (Phi) is 2.51. The Morgan fingerprint density at radius 3 is 2.05 bits per heavy atom. The molecule has 6 nitrogen and oxygen atoms in total. The predicted octanol–water partition coefficient (Wildman–Crippen LogP) is -0.113. The number of phenolic OH excluding ortho intramolecular Hbond substituents is 4. The van der Waals surface area contributed by atoms with Gasteiger partial charge in [-0.2, -0.15) is 0 Å². The summed E-state index contributed by atoms with van der Waals surface area (Å²) in [5, 5.41) is 39.7. The Hall–Kier alpha value is -2.63. The normalized spacial score (nSPS) is 11.5. The summed E-state index contributed by atoms with van der Waals surface area (Å²) in [5.41, 5.74) is 5.27. The highest BCUT2D eigenvalue weighted by Crippen LogP contribution is 2.44. The first-order valence-corrected chi connectivity index (χ1v) is 5.92. The van der Waals surface area contributed by atoms with Crippen molar-refractivity contribution in [3.8, 4) is 23.0 Å². The van der Waals surface area contributed by atoms with Gasteiger partial charge in [-0.1, -0.05) is 0 Å². The fourth-order valence-electron chi connectivity index (χ4n) is 2.39. The highest BCUT2D eigenvalue weighted by atomic mass is 16.4. The van der Waals surface area contributed by atoms with Crippen molar-refractivity contribution in [2.75, 3.05) is 5.73 Å². The largest absolute Gasteiger partial charge is 0.508 e. The molecule has 1 heterocycles. The van der Waals surface area contributed by atoms with Crippen LogP contribution in [0, 0.1) is 6.92 Å². The quantitative estimate of drug-likeness (QED) is 0.223. The van der Waals surface area contributed by atoms with E-state index in [1.165, 1.54) is 6.92 Å². The number of anilines is 1. The van der Waals surface area contributed by atoms with Gasteiger partial charge in [0, 0.05) is 10.9 Å². The summed E-state index contributed by atoms with van der Waals surface area (Å²) in [7, 11) is 11.5. The number of nitrogens with two attached hydrogens (primary N) is 1. The number of aromatic hydroxyl groups is 4. The number of phenols is 4. The minimum absolute atomic E-state index is 0.0372. The van der Waals surface area contributed by atoms with Gasteiger partial charge < -0.3 is 30.6 Å². The molecule has 0 spiro atoms. The van der Waals surface area contributed by atoms with Crippen LogP contribution in [0.5, 0.6) is 23.0 Å². The molecular formula is C13H9B2NO5. The van der Waals surface area contributed by atoms with Crippen LogP contribution in [-0.2, 0) is 0 Å². The van der Waals surface area contributed by atoms with Crippen LogP contribution in [-0.4, -0.2) is 36.1 Å². The molecule has 3 rings (SSSR count). The van der Waals surface area contributed by atoms with E-state index in [0.717, 1.165) is 0 Å². The van der Waals surface area contributed by atoms with E-state index >= 15 is 0 Å². The number of furan rings is 1. The molecule has 0 unspecified atom stereocenters. The Balaban J connectivity index is 2.73. The molecule has 0 saturated heterocycles. The van der Waals surface area contributed by atoms with Crippen LogP contribution < -0.4 is 16.7 Å². The van der Waals surface area contributed by atoms with Gasteiger partial charge in [0.05, 0.1) is 11.1 Å². The molecule has 21 heavy (non-hydrogen) atoms. The maximum absolute atomic E-state index is 10.1. The maximum atomic E-state index is 10.1. The van der Waals surface area contributed by atoms with Crippen LogP contribution in [0.1, 0.15) is 5.56 Å². The Morgan fingerprint density at radius 2 is 1.43 bits per heavy atom. The van der Waals surface area contributed by atoms with E-state index < -0.39 is 11.5 Å². The van der Waals surface area contributed by atoms with E-state index in [-0.39, 0.29) is 55.6 Å². The maximum Gasteiger partial charge on any atom is 0.181 e. The average molecular weight is 281 g/mol. The lowest BCUT2D eigenvalue weighted by molar-refractivity contribution is 0.409. The van der Waals surface area contributed by atoms with E-state index in [2.05, 4.69) is 0 Å². The number of rotatable bonds is 0. The van der Waals surface area contributed by atoms with E-state index in [0.29, 0.717) is 0 Å². The molecular weight excluding hydrogens is 272 g/mol. The zero-order chi connectivity index (χ0) is 15.6. The molecule has 0 aliphatic heterocycles. The van der Waals surface area contributed by atoms with Crippen LogP contribution in [0.25, 0.3) is 21.9 Å². The third-order valence-electron chi connectivity index (χ3n) is 3.61. The summed E-state index contributed by atoms with van der Waals surface area (Å²) in [5.74, 6) is -1.90. The smallest absolute Gasteiger partial charge is 0.181 e. The molecule has 0 fully saturated rings. The lowest BCUT2D eigenvalue weighted by Crippen LogP contribution is -2.08. The zero-order valence-electron chi connectivity index (χ0n) is 10.9. The molecule has 8 heteroatoms. The van der Waals surface area contributed by atoms with Crippen LogP contribution in [0.2, 0.25) is 0 Å². The van der Waals surface area contributed by atoms with Crippen molar-refractivity contribution in [3.05, 3.63) is 5.56 Å². The molecule has 2 aromatic carbocycles. The Bertz CT molecular complexity index is 858. The van der Waals surface area contributed by atoms with Gasteiger partial charge in [-0.3, -0.25) is 0 Å². The van der Waals surface area contributed by atoms with E-state index in [1.54, 1.807) is 0 Å². The summed E-state index contributed by atoms with van der Waals surface area (Å²) < 4.78 is 5.43. The number of benzene rings is 2. The number of nitrogen functional groups attached to an aromatic ring is 1. The monoisotopic (exact) mass is 281 g/mol. The fourth-order valence-corrected chi connectivity index (χ4v) is 2.39. The lowest BCUT2D eigenvalue weighted by Gasteiger charge is -2.09. The molecule has 1 aromatic heterocycles. The second-order valence-corrected chi connectivity index (χ2v) is 4.77. The van der Waals surface area contributed by atoms with Gasteiger partial charge >= 0.3 is 0 Å². The lowest BCUT2D eigenvalue weighted by atomic mass is 9.85. The minimum Gasteiger partial charge on any atom is -0.508 e. The second-order valence-electron chi connectivity index (χ2n) is 4.77. The van der Waals surface area contributed by atoms with Crippen molar-refractivity contribution in [1.29, 1.82) is 0 Å². The van der Waals surface area contributed by atoms with Crippen LogP contribution in [0.15, 0.2) is 4.42 Å². The molecule has 0 aliphatic carbocycles. The molecule has 102 valence electrons. The van der Waals surface area contributed by atoms with E-state index in [9.17, 15) is 20.4 Å². The van der Waals surface area contributed by atoms with E-state index in [1.807, 2.05) is 0 Å². The SMILES string of the molecule is [B]c1c(O)c(O)c(N)c2c1oc1c(O)c(C)c(O)c([B])c12. The van der Waals surface area contributed by atoms with Crippen molar-refractivity contribution >= 4 is 54.2 Å². The first-order valence-electron chi connectivity index (χ1n) is 5.92. The third-order valence-corrected chi connectivity index (χ3v) is 3.61. The van der Waals surface area contributed by atoms with Gasteiger partial charge in [-0.25, -0.2) is 0 Å². The summed E-state index contributed by atoms with van der Waals surface area (Å²) in [4.78, 5) is 0. The van der Waals surface area contributed by atoms with Gasteiger partial charge in [-0.15, -0.1) is 0 Å². The first kappa shape index (κ1) is 13.4. The van der Waals surface area contributed by atoms with Gasteiger partial charge in [-0.05, 0) is 17.8 Å². The summed E-state index contributed by atoms with van der Waals surface area (Å²) in [6, 6.07) is 0. The molecule has 0 amide bonds. The standard InChI is InChI=1S/C13H9B2NO5/c1-2-8(17)5(14)3-4-7(16)11(20)10(19)6(15)12(4)21-13(3)9(2)18/h17-20H,16H2,1H3. The number of hydrogen-bond donors (Lipinski definition) is 5. The van der Waals surface area contributed by atoms with Gasteiger partial charge in [0.25, 0.3) is 0 Å². The highest BCUT2D eigenvalue weighted by Gasteiger charge is 2.24. The van der Waals surface area contributed by atoms with Gasteiger partial charge in [0.1, 0.15) is 27.0 Å². The first-order chi connectivity index (χ1) is 9.77. The summed E-state index contributed by atoms with van der Waals surface area (Å²) >= 11 is 0. The van der Waals surface area contributed by atoms with Crippen LogP contribution >= 0.6 is 0 Å². The Morgan fingerprint density at radius 1 is 0.810 bits per heavy atom. The average Bonchev–Trinajstić information content (AvgIpc) is 2.87. The van der Waals surface area contributed by atoms with Gasteiger partial charge in [0.2, 0.25) is 0 Å². The summed E-state index contributed by atoms with van der Waals surface area (Å²) in [6.45, 7) is 1.45. The zero-order valence-corrected chi connectivity index (χ0v) is 10.9. The van der Waals surface area contributed by atoms with Crippen LogP contribution in [0.3, 0.4) is 0 Å². The van der Waals surface area contributed by atoms with E-state index in [4.69, 9.17) is 25.8 Å². The molecule has 0 bridgehead atoms. The molecule has 4 radical (unpaired) electrons. The molecule has 0 atom stereocenters. The van der Waals surface area contributed by atoms with Crippen molar-refractivity contribution in [3.63, 3.8) is 0 Å². The van der Waals surface area contributed by atoms with Crippen LogP contribution in [0.4, 0.5) is 5.69 Å². The minimum atomic E-state index is -0.627. The van der Waals surface area contributed by atoms with Gasteiger partial charge in [0.15, 0.2) is 22.8 Å². The molecule has 0 aliphatic rings. The van der Waals surface area contributed by atoms with Crippen molar-refractivity contribution in [2.24, 2.45) is 0 Å². The molecule has 0 saturated carbocycles. The third kappa shape index (κ3) is 1.44. The van der Waals surface area contributed by atoms with Crippen molar-refractivity contribution < 1.29 is 24.8 Å². The number of fused-ring (bicyclic) bond motifs is 3. The van der Waals surface area contributed by atoms with Crippen molar-refractivity contribution in [2.45, 2.75) is 6.92 Å². The second kappa shape index (κ2) is 3.94. The fraction of sp³-hybridized carbons (Fsp3) is 0.0769.